The third kappa shape index (κ3) is 3.41. The number of aryl methyl sites for hydroxylation is 1. The Morgan fingerprint density at radius 3 is 2.70 bits per heavy atom. The molecule has 20 heavy (non-hydrogen) atoms. The summed E-state index contributed by atoms with van der Waals surface area (Å²) in [6.45, 7) is 8.51. The molecule has 1 aliphatic heterocycles. The first-order valence-electron chi connectivity index (χ1n) is 7.10. The molecule has 0 aliphatic carbocycles. The van der Waals surface area contributed by atoms with Crippen LogP contribution in [0.3, 0.4) is 0 Å². The fourth-order valence-corrected chi connectivity index (χ4v) is 3.84. The number of hydrogen-bond acceptors (Lipinski definition) is 3. The molecular weight excluding hydrogens is 268 g/mol. The molecule has 1 aliphatic rings. The van der Waals surface area contributed by atoms with Gasteiger partial charge in [0.25, 0.3) is 5.91 Å². The van der Waals surface area contributed by atoms with E-state index in [4.69, 9.17) is 5.73 Å². The number of nitrogens with zero attached hydrogens (tertiary/aromatic N) is 1. The minimum atomic E-state index is 0.150. The second kappa shape index (κ2) is 6.43. The van der Waals surface area contributed by atoms with Crippen molar-refractivity contribution in [1.82, 2.24) is 4.90 Å². The second-order valence-electron chi connectivity index (χ2n) is 5.78. The zero-order valence-electron chi connectivity index (χ0n) is 12.4. The maximum Gasteiger partial charge on any atom is 0.263 e. The lowest BCUT2D eigenvalue weighted by Crippen LogP contribution is -2.42. The summed E-state index contributed by atoms with van der Waals surface area (Å²) in [5.74, 6) is 7.21. The van der Waals surface area contributed by atoms with Gasteiger partial charge in [0.2, 0.25) is 0 Å². The van der Waals surface area contributed by atoms with Crippen LogP contribution in [-0.4, -0.2) is 30.4 Å². The maximum absolute atomic E-state index is 12.6. The summed E-state index contributed by atoms with van der Waals surface area (Å²) in [5, 5.41) is 0. The predicted octanol–water partition coefficient (Wildman–Crippen LogP) is 2.48. The van der Waals surface area contributed by atoms with E-state index in [0.29, 0.717) is 18.4 Å². The molecule has 1 fully saturated rings. The van der Waals surface area contributed by atoms with Gasteiger partial charge in [0.1, 0.15) is 0 Å². The van der Waals surface area contributed by atoms with Crippen molar-refractivity contribution in [1.29, 1.82) is 0 Å². The van der Waals surface area contributed by atoms with Crippen molar-refractivity contribution in [3.63, 3.8) is 0 Å². The van der Waals surface area contributed by atoms with Gasteiger partial charge in [-0.25, -0.2) is 0 Å². The molecule has 1 saturated heterocycles. The molecule has 4 heteroatoms. The van der Waals surface area contributed by atoms with E-state index in [1.54, 1.807) is 0 Å². The van der Waals surface area contributed by atoms with Gasteiger partial charge < -0.3 is 10.6 Å². The number of piperidine rings is 1. The molecular formula is C16H22N2OS. The molecule has 1 aromatic rings. The van der Waals surface area contributed by atoms with Gasteiger partial charge in [0, 0.05) is 13.1 Å². The van der Waals surface area contributed by atoms with Crippen LogP contribution in [0, 0.1) is 30.6 Å². The van der Waals surface area contributed by atoms with Crippen LogP contribution < -0.4 is 5.73 Å². The average Bonchev–Trinajstić information content (AvgIpc) is 2.75. The quantitative estimate of drug-likeness (QED) is 0.808. The molecule has 2 atom stereocenters. The Balaban J connectivity index is 2.17. The van der Waals surface area contributed by atoms with Crippen molar-refractivity contribution < 1.29 is 4.79 Å². The molecule has 2 unspecified atom stereocenters. The molecule has 0 saturated carbocycles. The molecule has 2 rings (SSSR count). The minimum Gasteiger partial charge on any atom is -0.337 e. The lowest BCUT2D eigenvalue weighted by Gasteiger charge is -2.34. The van der Waals surface area contributed by atoms with Crippen LogP contribution in [0.15, 0.2) is 6.07 Å². The van der Waals surface area contributed by atoms with Crippen LogP contribution >= 0.6 is 11.3 Å². The van der Waals surface area contributed by atoms with E-state index in [1.807, 2.05) is 17.9 Å². The number of rotatable bonds is 1. The smallest absolute Gasteiger partial charge is 0.263 e. The van der Waals surface area contributed by atoms with Crippen LogP contribution in [0.5, 0.6) is 0 Å². The zero-order valence-corrected chi connectivity index (χ0v) is 13.2. The number of hydrogen-bond donors (Lipinski definition) is 1. The summed E-state index contributed by atoms with van der Waals surface area (Å²) in [4.78, 5) is 16.3. The van der Waals surface area contributed by atoms with Crippen molar-refractivity contribution in [2.45, 2.75) is 27.2 Å². The molecule has 108 valence electrons. The summed E-state index contributed by atoms with van der Waals surface area (Å²) < 4.78 is 0. The molecule has 0 spiro atoms. The van der Waals surface area contributed by atoms with Gasteiger partial charge in [-0.3, -0.25) is 4.79 Å². The molecule has 0 bridgehead atoms. The summed E-state index contributed by atoms with van der Waals surface area (Å²) >= 11 is 1.48. The highest BCUT2D eigenvalue weighted by molar-refractivity contribution is 7.14. The normalized spacial score (nSPS) is 22.3. The van der Waals surface area contributed by atoms with Gasteiger partial charge in [0.05, 0.1) is 16.3 Å². The first-order valence-corrected chi connectivity index (χ1v) is 7.91. The number of thiophene rings is 1. The highest BCUT2D eigenvalue weighted by Crippen LogP contribution is 2.26. The minimum absolute atomic E-state index is 0.150. The van der Waals surface area contributed by atoms with E-state index in [2.05, 4.69) is 25.7 Å². The van der Waals surface area contributed by atoms with Crippen LogP contribution in [0.4, 0.5) is 0 Å². The van der Waals surface area contributed by atoms with E-state index >= 15 is 0 Å². The van der Waals surface area contributed by atoms with Gasteiger partial charge in [-0.2, -0.15) is 0 Å². The Kier molecular flexibility index (Phi) is 4.85. The van der Waals surface area contributed by atoms with E-state index < -0.39 is 0 Å². The molecule has 3 nitrogen and oxygen atoms in total. The van der Waals surface area contributed by atoms with Gasteiger partial charge in [-0.05, 0) is 36.8 Å². The lowest BCUT2D eigenvalue weighted by molar-refractivity contribution is 0.0628. The standard InChI is InChI=1S/C16H22N2OS/c1-11-7-12(2)10-18(9-11)16(19)15-8-13(3)14(20-15)5-4-6-17/h8,11-12H,6-7,9-10,17H2,1-3H3. The first kappa shape index (κ1) is 15.1. The zero-order chi connectivity index (χ0) is 14.7. The molecule has 2 heterocycles. The summed E-state index contributed by atoms with van der Waals surface area (Å²) in [7, 11) is 0. The molecule has 1 amide bonds. The Morgan fingerprint density at radius 1 is 1.45 bits per heavy atom. The van der Waals surface area contributed by atoms with Gasteiger partial charge in [-0.1, -0.05) is 25.7 Å². The maximum atomic E-state index is 12.6. The highest BCUT2D eigenvalue weighted by Gasteiger charge is 2.27. The first-order chi connectivity index (χ1) is 9.51. The van der Waals surface area contributed by atoms with Crippen molar-refractivity contribution in [3.8, 4) is 11.8 Å². The largest absolute Gasteiger partial charge is 0.337 e. The number of carbonyl (C=O) groups excluding carboxylic acids is 1. The van der Waals surface area contributed by atoms with Gasteiger partial charge in [0.15, 0.2) is 0 Å². The van der Waals surface area contributed by atoms with Crippen molar-refractivity contribution in [2.24, 2.45) is 17.6 Å². The fourth-order valence-electron chi connectivity index (χ4n) is 2.83. The fraction of sp³-hybridized carbons (Fsp3) is 0.562. The van der Waals surface area contributed by atoms with Gasteiger partial charge in [-0.15, -0.1) is 11.3 Å². The third-order valence-electron chi connectivity index (χ3n) is 3.59. The SMILES string of the molecule is Cc1cc(C(=O)N2CC(C)CC(C)C2)sc1C#CCN. The Hall–Kier alpha value is -1.31. The molecule has 2 N–H and O–H groups in total. The van der Waals surface area contributed by atoms with Crippen molar-refractivity contribution >= 4 is 17.2 Å². The van der Waals surface area contributed by atoms with Crippen LogP contribution in [0.25, 0.3) is 0 Å². The third-order valence-corrected chi connectivity index (χ3v) is 4.73. The Bertz CT molecular complexity index is 543. The number of nitrogens with two attached hydrogens (primary N) is 1. The number of likely N-dealkylation sites (tertiary alicyclic amines) is 1. The second-order valence-corrected chi connectivity index (χ2v) is 6.84. The van der Waals surface area contributed by atoms with Crippen molar-refractivity contribution in [2.75, 3.05) is 19.6 Å². The predicted molar refractivity (Wildman–Crippen MR) is 83.8 cm³/mol. The van der Waals surface area contributed by atoms with Crippen LogP contribution in [0.1, 0.15) is 40.4 Å². The van der Waals surface area contributed by atoms with Crippen molar-refractivity contribution in [3.05, 3.63) is 21.4 Å². The van der Waals surface area contributed by atoms with E-state index in [-0.39, 0.29) is 5.91 Å². The lowest BCUT2D eigenvalue weighted by atomic mass is 9.92. The Labute approximate surface area is 125 Å². The molecule has 0 aromatic carbocycles. The van der Waals surface area contributed by atoms with E-state index in [1.165, 1.54) is 17.8 Å². The van der Waals surface area contributed by atoms with E-state index in [9.17, 15) is 4.79 Å². The van der Waals surface area contributed by atoms with Gasteiger partial charge >= 0.3 is 0 Å². The highest BCUT2D eigenvalue weighted by atomic mass is 32.1. The summed E-state index contributed by atoms with van der Waals surface area (Å²) in [6.07, 6.45) is 1.21. The monoisotopic (exact) mass is 290 g/mol. The van der Waals surface area contributed by atoms with Crippen LogP contribution in [-0.2, 0) is 0 Å². The van der Waals surface area contributed by atoms with E-state index in [0.717, 1.165) is 28.4 Å². The molecule has 1 aromatic heterocycles. The van der Waals surface area contributed by atoms with Crippen LogP contribution in [0.2, 0.25) is 0 Å². The number of carbonyl (C=O) groups is 1. The molecule has 0 radical (unpaired) electrons. The average molecular weight is 290 g/mol. The summed E-state index contributed by atoms with van der Waals surface area (Å²) in [6, 6.07) is 1.96. The topological polar surface area (TPSA) is 46.3 Å². The Morgan fingerprint density at radius 2 is 2.10 bits per heavy atom. The number of amides is 1. The summed E-state index contributed by atoms with van der Waals surface area (Å²) in [5.41, 5.74) is 6.46.